The molecule has 0 saturated heterocycles. The van der Waals surface area contributed by atoms with E-state index in [-0.39, 0.29) is 0 Å². The molecule has 108 valence electrons. The van der Waals surface area contributed by atoms with Crippen LogP contribution in [0, 0.1) is 0 Å². The molecule has 0 fully saturated rings. The second-order valence-electron chi connectivity index (χ2n) is 4.94. The van der Waals surface area contributed by atoms with Crippen molar-refractivity contribution in [1.82, 2.24) is 4.57 Å². The molecule has 3 rings (SSSR count). The number of anilines is 1. The topological polar surface area (TPSA) is 49.4 Å². The summed E-state index contributed by atoms with van der Waals surface area (Å²) in [5.74, 6) is 1.58. The first-order valence-electron chi connectivity index (χ1n) is 6.76. The average molecular weight is 282 g/mol. The number of hydrogen-bond acceptors (Lipinski definition) is 3. The van der Waals surface area contributed by atoms with E-state index in [1.54, 1.807) is 14.2 Å². The van der Waals surface area contributed by atoms with Crippen LogP contribution < -0.4 is 15.2 Å². The third-order valence-electron chi connectivity index (χ3n) is 3.63. The van der Waals surface area contributed by atoms with Gasteiger partial charge in [0.15, 0.2) is 0 Å². The highest BCUT2D eigenvalue weighted by Gasteiger charge is 2.05. The highest BCUT2D eigenvalue weighted by atomic mass is 16.5. The Bertz CT molecular complexity index is 778. The van der Waals surface area contributed by atoms with Crippen LogP contribution in [0.4, 0.5) is 5.69 Å². The number of nitrogen functional groups attached to an aromatic ring is 1. The van der Waals surface area contributed by atoms with Crippen molar-refractivity contribution in [3.8, 4) is 11.5 Å². The highest BCUT2D eigenvalue weighted by Crippen LogP contribution is 2.25. The molecule has 3 aromatic rings. The Morgan fingerprint density at radius 1 is 1.00 bits per heavy atom. The van der Waals surface area contributed by atoms with E-state index in [0.29, 0.717) is 11.4 Å². The zero-order valence-electron chi connectivity index (χ0n) is 12.2. The summed E-state index contributed by atoms with van der Waals surface area (Å²) < 4.78 is 12.6. The Morgan fingerprint density at radius 2 is 1.86 bits per heavy atom. The third-order valence-corrected chi connectivity index (χ3v) is 3.63. The second-order valence-corrected chi connectivity index (χ2v) is 4.94. The van der Waals surface area contributed by atoms with Gasteiger partial charge in [0, 0.05) is 23.6 Å². The molecule has 2 aromatic carbocycles. The summed E-state index contributed by atoms with van der Waals surface area (Å²) in [5.41, 5.74) is 8.93. The summed E-state index contributed by atoms with van der Waals surface area (Å²) in [7, 11) is 3.30. The molecule has 4 nitrogen and oxygen atoms in total. The van der Waals surface area contributed by atoms with Gasteiger partial charge >= 0.3 is 0 Å². The van der Waals surface area contributed by atoms with E-state index in [4.69, 9.17) is 15.2 Å². The monoisotopic (exact) mass is 282 g/mol. The summed E-state index contributed by atoms with van der Waals surface area (Å²) in [5, 5.41) is 1.16. The fourth-order valence-corrected chi connectivity index (χ4v) is 2.52. The van der Waals surface area contributed by atoms with Gasteiger partial charge in [0.05, 0.1) is 19.9 Å². The minimum absolute atomic E-state index is 0.660. The van der Waals surface area contributed by atoms with Gasteiger partial charge in [-0.15, -0.1) is 0 Å². The van der Waals surface area contributed by atoms with Crippen LogP contribution in [-0.2, 0) is 6.54 Å². The van der Waals surface area contributed by atoms with Crippen molar-refractivity contribution >= 4 is 16.6 Å². The SMILES string of the molecule is COc1ccc2c(ccn2Cc2ccc(OC)c(N)c2)c1. The normalized spacial score (nSPS) is 10.8. The lowest BCUT2D eigenvalue weighted by atomic mass is 10.2. The van der Waals surface area contributed by atoms with Gasteiger partial charge in [0.25, 0.3) is 0 Å². The van der Waals surface area contributed by atoms with Crippen LogP contribution in [0.15, 0.2) is 48.7 Å². The molecule has 0 radical (unpaired) electrons. The van der Waals surface area contributed by atoms with Gasteiger partial charge < -0.3 is 19.8 Å². The number of benzene rings is 2. The van der Waals surface area contributed by atoms with Crippen LogP contribution in [0.25, 0.3) is 10.9 Å². The molecule has 0 saturated carbocycles. The van der Waals surface area contributed by atoms with Gasteiger partial charge in [-0.05, 0) is 42.0 Å². The largest absolute Gasteiger partial charge is 0.497 e. The molecular weight excluding hydrogens is 264 g/mol. The number of nitrogens with zero attached hydrogens (tertiary/aromatic N) is 1. The van der Waals surface area contributed by atoms with Crippen molar-refractivity contribution in [2.45, 2.75) is 6.54 Å². The molecule has 1 aromatic heterocycles. The van der Waals surface area contributed by atoms with Crippen LogP contribution in [0.5, 0.6) is 11.5 Å². The molecule has 0 spiro atoms. The van der Waals surface area contributed by atoms with Crippen LogP contribution >= 0.6 is 0 Å². The van der Waals surface area contributed by atoms with Gasteiger partial charge in [0.1, 0.15) is 11.5 Å². The predicted octanol–water partition coefficient (Wildman–Crippen LogP) is 3.29. The second kappa shape index (κ2) is 5.40. The van der Waals surface area contributed by atoms with Gasteiger partial charge in [0.2, 0.25) is 0 Å². The van der Waals surface area contributed by atoms with Gasteiger partial charge in [-0.1, -0.05) is 6.07 Å². The van der Waals surface area contributed by atoms with Crippen molar-refractivity contribution in [2.75, 3.05) is 20.0 Å². The lowest BCUT2D eigenvalue weighted by molar-refractivity contribution is 0.415. The molecule has 4 heteroatoms. The summed E-state index contributed by atoms with van der Waals surface area (Å²) in [6.45, 7) is 0.768. The predicted molar refractivity (Wildman–Crippen MR) is 85.0 cm³/mol. The molecule has 1 heterocycles. The van der Waals surface area contributed by atoms with Crippen molar-refractivity contribution < 1.29 is 9.47 Å². The number of aromatic nitrogens is 1. The van der Waals surface area contributed by atoms with Gasteiger partial charge in [-0.25, -0.2) is 0 Å². The standard InChI is InChI=1S/C17H18N2O2/c1-20-14-4-5-16-13(10-14)7-8-19(16)11-12-3-6-17(21-2)15(18)9-12/h3-10H,11,18H2,1-2H3. The van der Waals surface area contributed by atoms with E-state index in [9.17, 15) is 0 Å². The lowest BCUT2D eigenvalue weighted by Gasteiger charge is -2.09. The fourth-order valence-electron chi connectivity index (χ4n) is 2.52. The first-order chi connectivity index (χ1) is 10.2. The molecule has 0 bridgehead atoms. The Labute approximate surface area is 123 Å². The van der Waals surface area contributed by atoms with Crippen LogP contribution in [-0.4, -0.2) is 18.8 Å². The van der Waals surface area contributed by atoms with Crippen molar-refractivity contribution in [3.05, 3.63) is 54.2 Å². The number of nitrogens with two attached hydrogens (primary N) is 1. The first kappa shape index (κ1) is 13.4. The maximum atomic E-state index is 5.96. The van der Waals surface area contributed by atoms with E-state index in [1.165, 1.54) is 5.52 Å². The summed E-state index contributed by atoms with van der Waals surface area (Å²) in [6.07, 6.45) is 2.07. The lowest BCUT2D eigenvalue weighted by Crippen LogP contribution is -2.00. The molecule has 21 heavy (non-hydrogen) atoms. The number of hydrogen-bond donors (Lipinski definition) is 1. The molecule has 0 unspecified atom stereocenters. The van der Waals surface area contributed by atoms with Gasteiger partial charge in [-0.2, -0.15) is 0 Å². The van der Waals surface area contributed by atoms with E-state index in [2.05, 4.69) is 22.9 Å². The zero-order chi connectivity index (χ0) is 14.8. The Hall–Kier alpha value is -2.62. The maximum Gasteiger partial charge on any atom is 0.141 e. The zero-order valence-corrected chi connectivity index (χ0v) is 12.2. The Balaban J connectivity index is 1.93. The number of fused-ring (bicyclic) bond motifs is 1. The molecule has 0 amide bonds. The Morgan fingerprint density at radius 3 is 2.57 bits per heavy atom. The van der Waals surface area contributed by atoms with E-state index in [1.807, 2.05) is 30.3 Å². The van der Waals surface area contributed by atoms with Crippen molar-refractivity contribution in [2.24, 2.45) is 0 Å². The highest BCUT2D eigenvalue weighted by molar-refractivity contribution is 5.81. The maximum absolute atomic E-state index is 5.96. The molecule has 0 atom stereocenters. The summed E-state index contributed by atoms with van der Waals surface area (Å²) in [4.78, 5) is 0. The van der Waals surface area contributed by atoms with Crippen LogP contribution in [0.2, 0.25) is 0 Å². The number of rotatable bonds is 4. The molecule has 0 aliphatic heterocycles. The van der Waals surface area contributed by atoms with Crippen LogP contribution in [0.1, 0.15) is 5.56 Å². The number of methoxy groups -OCH3 is 2. The minimum Gasteiger partial charge on any atom is -0.497 e. The van der Waals surface area contributed by atoms with E-state index < -0.39 is 0 Å². The van der Waals surface area contributed by atoms with Gasteiger partial charge in [-0.3, -0.25) is 0 Å². The quantitative estimate of drug-likeness (QED) is 0.747. The summed E-state index contributed by atoms with van der Waals surface area (Å²) in [6, 6.07) is 14.1. The molecule has 2 N–H and O–H groups in total. The molecule has 0 aliphatic rings. The van der Waals surface area contributed by atoms with Crippen molar-refractivity contribution in [3.63, 3.8) is 0 Å². The first-order valence-corrected chi connectivity index (χ1v) is 6.76. The molecular formula is C17H18N2O2. The smallest absolute Gasteiger partial charge is 0.141 e. The van der Waals surface area contributed by atoms with E-state index in [0.717, 1.165) is 23.2 Å². The van der Waals surface area contributed by atoms with Crippen LogP contribution in [0.3, 0.4) is 0 Å². The van der Waals surface area contributed by atoms with E-state index >= 15 is 0 Å². The third kappa shape index (κ3) is 2.52. The minimum atomic E-state index is 0.660. The fraction of sp³-hybridized carbons (Fsp3) is 0.176. The molecule has 0 aliphatic carbocycles. The van der Waals surface area contributed by atoms with Crippen molar-refractivity contribution in [1.29, 1.82) is 0 Å². The summed E-state index contributed by atoms with van der Waals surface area (Å²) >= 11 is 0. The Kier molecular flexibility index (Phi) is 3.44. The number of ether oxygens (including phenoxy) is 2. The average Bonchev–Trinajstić information content (AvgIpc) is 2.89.